The average molecular weight is 249 g/mol. The lowest BCUT2D eigenvalue weighted by atomic mass is 9.99. The van der Waals surface area contributed by atoms with E-state index in [9.17, 15) is 5.11 Å². The summed E-state index contributed by atoms with van der Waals surface area (Å²) in [5.74, 6) is 0.955. The summed E-state index contributed by atoms with van der Waals surface area (Å²) in [5, 5.41) is 9.68. The summed E-state index contributed by atoms with van der Waals surface area (Å²) in [5.41, 5.74) is 3.49. The van der Waals surface area contributed by atoms with Crippen LogP contribution in [0.15, 0.2) is 12.1 Å². The van der Waals surface area contributed by atoms with Gasteiger partial charge in [-0.2, -0.15) is 0 Å². The summed E-state index contributed by atoms with van der Waals surface area (Å²) in [6.45, 7) is 6.50. The number of benzene rings is 1. The summed E-state index contributed by atoms with van der Waals surface area (Å²) in [6, 6.07) is 4.42. The molecule has 1 saturated heterocycles. The fourth-order valence-electron chi connectivity index (χ4n) is 2.98. The molecule has 1 fully saturated rings. The van der Waals surface area contributed by atoms with Gasteiger partial charge in [-0.05, 0) is 56.5 Å². The molecule has 0 amide bonds. The van der Waals surface area contributed by atoms with Crippen LogP contribution < -0.4 is 4.74 Å². The van der Waals surface area contributed by atoms with Crippen LogP contribution in [-0.2, 0) is 0 Å². The molecule has 1 heterocycles. The molecule has 3 heteroatoms. The molecule has 18 heavy (non-hydrogen) atoms. The summed E-state index contributed by atoms with van der Waals surface area (Å²) in [6.07, 6.45) is 2.48. The van der Waals surface area contributed by atoms with Crippen LogP contribution in [0.4, 0.5) is 0 Å². The highest BCUT2D eigenvalue weighted by Crippen LogP contribution is 2.31. The number of rotatable bonds is 4. The molecule has 1 aromatic carbocycles. The lowest BCUT2D eigenvalue weighted by Crippen LogP contribution is -2.28. The second-order valence-electron chi connectivity index (χ2n) is 5.13. The van der Waals surface area contributed by atoms with Crippen molar-refractivity contribution in [1.29, 1.82) is 0 Å². The number of ether oxygens (including phenoxy) is 1. The number of hydrogen-bond donors (Lipinski definition) is 1. The number of aliphatic hydroxyl groups is 1. The minimum absolute atomic E-state index is 0.135. The highest BCUT2D eigenvalue weighted by molar-refractivity contribution is 5.44. The van der Waals surface area contributed by atoms with Gasteiger partial charge >= 0.3 is 0 Å². The van der Waals surface area contributed by atoms with Crippen LogP contribution in [-0.4, -0.2) is 36.8 Å². The van der Waals surface area contributed by atoms with Gasteiger partial charge in [0.15, 0.2) is 0 Å². The second-order valence-corrected chi connectivity index (χ2v) is 5.13. The Hall–Kier alpha value is -1.06. The van der Waals surface area contributed by atoms with Crippen LogP contribution >= 0.6 is 0 Å². The van der Waals surface area contributed by atoms with Gasteiger partial charge in [-0.15, -0.1) is 0 Å². The van der Waals surface area contributed by atoms with Crippen molar-refractivity contribution in [3.05, 3.63) is 28.8 Å². The lowest BCUT2D eigenvalue weighted by molar-refractivity contribution is 0.147. The van der Waals surface area contributed by atoms with E-state index in [1.54, 1.807) is 7.11 Å². The number of aryl methyl sites for hydroxylation is 2. The van der Waals surface area contributed by atoms with E-state index in [1.807, 2.05) is 0 Å². The molecule has 1 aliphatic rings. The van der Waals surface area contributed by atoms with Crippen molar-refractivity contribution < 1.29 is 9.84 Å². The van der Waals surface area contributed by atoms with E-state index in [2.05, 4.69) is 30.9 Å². The molecule has 0 saturated carbocycles. The Kier molecular flexibility index (Phi) is 4.25. The van der Waals surface area contributed by atoms with Crippen LogP contribution in [0.3, 0.4) is 0 Å². The number of hydrogen-bond acceptors (Lipinski definition) is 3. The van der Waals surface area contributed by atoms with Gasteiger partial charge in [0.05, 0.1) is 19.8 Å². The molecule has 2 rings (SSSR count). The zero-order valence-corrected chi connectivity index (χ0v) is 11.6. The van der Waals surface area contributed by atoms with Crippen LogP contribution in [0.25, 0.3) is 0 Å². The fraction of sp³-hybridized carbons (Fsp3) is 0.600. The van der Waals surface area contributed by atoms with E-state index < -0.39 is 0 Å². The van der Waals surface area contributed by atoms with Crippen molar-refractivity contribution in [2.45, 2.75) is 32.7 Å². The fourth-order valence-corrected chi connectivity index (χ4v) is 2.98. The maximum Gasteiger partial charge on any atom is 0.124 e. The molecule has 1 N–H and O–H groups in total. The Balaban J connectivity index is 2.30. The van der Waals surface area contributed by atoms with E-state index in [-0.39, 0.29) is 12.6 Å². The van der Waals surface area contributed by atoms with Gasteiger partial charge in [0.25, 0.3) is 0 Å². The second kappa shape index (κ2) is 5.72. The minimum Gasteiger partial charge on any atom is -0.496 e. The van der Waals surface area contributed by atoms with Crippen molar-refractivity contribution in [3.8, 4) is 5.75 Å². The van der Waals surface area contributed by atoms with Gasteiger partial charge in [-0.1, -0.05) is 12.1 Å². The molecule has 0 spiro atoms. The standard InChI is InChI=1S/C15H23NO2/c1-11-8-13(9-12(2)15(11)18-3)14(10-17)16-6-4-5-7-16/h8-9,14,17H,4-7,10H2,1-3H3. The molecule has 1 unspecified atom stereocenters. The third kappa shape index (κ3) is 2.52. The quantitative estimate of drug-likeness (QED) is 0.889. The van der Waals surface area contributed by atoms with E-state index in [0.29, 0.717) is 0 Å². The maximum absolute atomic E-state index is 9.68. The molecule has 1 aromatic rings. The van der Waals surface area contributed by atoms with Gasteiger partial charge in [0.1, 0.15) is 5.75 Å². The Morgan fingerprint density at radius 2 is 1.78 bits per heavy atom. The molecule has 0 aliphatic carbocycles. The molecule has 1 aliphatic heterocycles. The van der Waals surface area contributed by atoms with Gasteiger partial charge in [0.2, 0.25) is 0 Å². The van der Waals surface area contributed by atoms with E-state index in [4.69, 9.17) is 4.74 Å². The number of aliphatic hydroxyl groups excluding tert-OH is 1. The van der Waals surface area contributed by atoms with Gasteiger partial charge in [-0.25, -0.2) is 0 Å². The van der Waals surface area contributed by atoms with E-state index in [0.717, 1.165) is 30.0 Å². The monoisotopic (exact) mass is 249 g/mol. The first-order valence-corrected chi connectivity index (χ1v) is 6.67. The first-order chi connectivity index (χ1) is 8.67. The van der Waals surface area contributed by atoms with Crippen molar-refractivity contribution in [2.24, 2.45) is 0 Å². The SMILES string of the molecule is COc1c(C)cc(C(CO)N2CCCC2)cc1C. The first-order valence-electron chi connectivity index (χ1n) is 6.67. The molecular weight excluding hydrogens is 226 g/mol. The number of methoxy groups -OCH3 is 1. The normalized spacial score (nSPS) is 18.0. The Morgan fingerprint density at radius 1 is 1.22 bits per heavy atom. The Bertz CT molecular complexity index is 388. The highest BCUT2D eigenvalue weighted by Gasteiger charge is 2.23. The predicted molar refractivity (Wildman–Crippen MR) is 73.1 cm³/mol. The molecule has 100 valence electrons. The van der Waals surface area contributed by atoms with Crippen molar-refractivity contribution in [3.63, 3.8) is 0 Å². The zero-order chi connectivity index (χ0) is 13.1. The summed E-state index contributed by atoms with van der Waals surface area (Å²) < 4.78 is 5.39. The summed E-state index contributed by atoms with van der Waals surface area (Å²) in [4.78, 5) is 2.38. The number of nitrogens with zero attached hydrogens (tertiary/aromatic N) is 1. The largest absolute Gasteiger partial charge is 0.496 e. The van der Waals surface area contributed by atoms with Gasteiger partial charge in [-0.3, -0.25) is 4.90 Å². The third-order valence-electron chi connectivity index (χ3n) is 3.83. The van der Waals surface area contributed by atoms with E-state index >= 15 is 0 Å². The van der Waals surface area contributed by atoms with Crippen LogP contribution in [0, 0.1) is 13.8 Å². The van der Waals surface area contributed by atoms with Crippen molar-refractivity contribution in [1.82, 2.24) is 4.90 Å². The topological polar surface area (TPSA) is 32.7 Å². The smallest absolute Gasteiger partial charge is 0.124 e. The molecular formula is C15H23NO2. The molecule has 0 aromatic heterocycles. The molecule has 0 radical (unpaired) electrons. The van der Waals surface area contributed by atoms with Crippen molar-refractivity contribution >= 4 is 0 Å². The summed E-state index contributed by atoms with van der Waals surface area (Å²) in [7, 11) is 1.71. The highest BCUT2D eigenvalue weighted by atomic mass is 16.5. The van der Waals surface area contributed by atoms with E-state index in [1.165, 1.54) is 18.4 Å². The third-order valence-corrected chi connectivity index (χ3v) is 3.83. The van der Waals surface area contributed by atoms with Crippen LogP contribution in [0.1, 0.15) is 35.6 Å². The maximum atomic E-state index is 9.68. The number of likely N-dealkylation sites (tertiary alicyclic amines) is 1. The Morgan fingerprint density at radius 3 is 2.22 bits per heavy atom. The van der Waals surface area contributed by atoms with Gasteiger partial charge in [0, 0.05) is 0 Å². The lowest BCUT2D eigenvalue weighted by Gasteiger charge is -2.27. The van der Waals surface area contributed by atoms with Crippen LogP contribution in [0.5, 0.6) is 5.75 Å². The summed E-state index contributed by atoms with van der Waals surface area (Å²) >= 11 is 0. The van der Waals surface area contributed by atoms with Crippen LogP contribution in [0.2, 0.25) is 0 Å². The zero-order valence-electron chi connectivity index (χ0n) is 11.6. The van der Waals surface area contributed by atoms with Gasteiger partial charge < -0.3 is 9.84 Å². The predicted octanol–water partition coefficient (Wildman–Crippen LogP) is 2.44. The average Bonchev–Trinajstić information content (AvgIpc) is 2.83. The molecule has 1 atom stereocenters. The molecule has 0 bridgehead atoms. The minimum atomic E-state index is 0.135. The Labute approximate surface area is 109 Å². The van der Waals surface area contributed by atoms with Crippen molar-refractivity contribution in [2.75, 3.05) is 26.8 Å². The first kappa shape index (κ1) is 13.4. The molecule has 3 nitrogen and oxygen atoms in total.